The molecular weight excluding hydrogens is 230 g/mol. The van der Waals surface area contributed by atoms with Crippen LogP contribution in [0.1, 0.15) is 18.5 Å². The van der Waals surface area contributed by atoms with Gasteiger partial charge in [-0.25, -0.2) is 9.97 Å². The van der Waals surface area contributed by atoms with Gasteiger partial charge in [0.25, 0.3) is 0 Å². The third-order valence-electron chi connectivity index (χ3n) is 4.06. The van der Waals surface area contributed by atoms with Crippen molar-refractivity contribution in [2.45, 2.75) is 18.9 Å². The molecule has 3 unspecified atom stereocenters. The Morgan fingerprint density at radius 2 is 2.17 bits per heavy atom. The first-order chi connectivity index (χ1) is 8.65. The number of aliphatic hydroxyl groups is 1. The van der Waals surface area contributed by atoms with E-state index in [1.165, 1.54) is 6.20 Å². The Kier molecular flexibility index (Phi) is 2.66. The number of hydrogen-bond acceptors (Lipinski definition) is 5. The minimum atomic E-state index is -0.163. The van der Waals surface area contributed by atoms with Gasteiger partial charge in [-0.3, -0.25) is 5.41 Å². The lowest BCUT2D eigenvalue weighted by molar-refractivity contribution is 0.133. The van der Waals surface area contributed by atoms with E-state index in [9.17, 15) is 5.11 Å². The summed E-state index contributed by atoms with van der Waals surface area (Å²) in [6.45, 7) is 1.79. The molecule has 96 valence electrons. The highest BCUT2D eigenvalue weighted by Crippen LogP contribution is 2.39. The van der Waals surface area contributed by atoms with Gasteiger partial charge in [0, 0.05) is 19.0 Å². The van der Waals surface area contributed by atoms with Crippen LogP contribution in [0.25, 0.3) is 0 Å². The van der Waals surface area contributed by atoms with Crippen molar-refractivity contribution >= 4 is 11.7 Å². The van der Waals surface area contributed by atoms with Crippen LogP contribution >= 0.6 is 0 Å². The largest absolute Gasteiger partial charge is 0.393 e. The second-order valence-corrected chi connectivity index (χ2v) is 5.15. The summed E-state index contributed by atoms with van der Waals surface area (Å²) in [7, 11) is 0. The normalized spacial score (nSPS) is 30.5. The molecule has 1 aliphatic carbocycles. The van der Waals surface area contributed by atoms with Crippen molar-refractivity contribution < 1.29 is 5.11 Å². The molecule has 0 spiro atoms. The molecule has 1 aromatic heterocycles. The number of nitrogens with two attached hydrogens (primary N) is 1. The van der Waals surface area contributed by atoms with Gasteiger partial charge in [0.2, 0.25) is 0 Å². The van der Waals surface area contributed by atoms with Gasteiger partial charge in [0.05, 0.1) is 18.5 Å². The molecule has 0 amide bonds. The lowest BCUT2D eigenvalue weighted by atomic mass is 10.00. The zero-order valence-electron chi connectivity index (χ0n) is 10.1. The number of nitrogens with one attached hydrogen (secondary N) is 1. The van der Waals surface area contributed by atoms with Crippen LogP contribution in [0.4, 0.5) is 5.82 Å². The number of rotatable bonds is 2. The summed E-state index contributed by atoms with van der Waals surface area (Å²) in [6, 6.07) is 0. The van der Waals surface area contributed by atoms with Crippen molar-refractivity contribution in [1.82, 2.24) is 9.97 Å². The molecule has 4 N–H and O–H groups in total. The van der Waals surface area contributed by atoms with Gasteiger partial charge in [-0.1, -0.05) is 0 Å². The molecule has 1 saturated carbocycles. The molecule has 2 aliphatic rings. The van der Waals surface area contributed by atoms with E-state index in [1.807, 2.05) is 0 Å². The van der Waals surface area contributed by atoms with E-state index in [0.29, 0.717) is 17.5 Å². The summed E-state index contributed by atoms with van der Waals surface area (Å²) in [6.07, 6.45) is 5.05. The third-order valence-corrected chi connectivity index (χ3v) is 4.06. The number of anilines is 1. The minimum Gasteiger partial charge on any atom is -0.393 e. The second-order valence-electron chi connectivity index (χ2n) is 5.15. The third kappa shape index (κ3) is 1.82. The van der Waals surface area contributed by atoms with Gasteiger partial charge in [-0.05, 0) is 18.8 Å². The van der Waals surface area contributed by atoms with Crippen molar-refractivity contribution in [2.24, 2.45) is 17.6 Å². The topological polar surface area (TPSA) is 99.1 Å². The van der Waals surface area contributed by atoms with Crippen LogP contribution in [0.15, 0.2) is 12.4 Å². The maximum atomic E-state index is 9.87. The van der Waals surface area contributed by atoms with Crippen molar-refractivity contribution in [3.63, 3.8) is 0 Å². The van der Waals surface area contributed by atoms with Crippen LogP contribution in [-0.4, -0.2) is 40.1 Å². The average Bonchev–Trinajstić information content (AvgIpc) is 2.92. The molecule has 0 aromatic carbocycles. The summed E-state index contributed by atoms with van der Waals surface area (Å²) < 4.78 is 0. The number of fused-ring (bicyclic) bond motifs is 1. The quantitative estimate of drug-likeness (QED) is 0.503. The average molecular weight is 247 g/mol. The van der Waals surface area contributed by atoms with Gasteiger partial charge in [0.15, 0.2) is 0 Å². The summed E-state index contributed by atoms with van der Waals surface area (Å²) in [5.41, 5.74) is 5.75. The molecule has 0 bridgehead atoms. The van der Waals surface area contributed by atoms with Gasteiger partial charge in [-0.15, -0.1) is 0 Å². The summed E-state index contributed by atoms with van der Waals surface area (Å²) in [5.74, 6) is 1.69. The smallest absolute Gasteiger partial charge is 0.147 e. The Balaban J connectivity index is 1.75. The molecule has 2 fully saturated rings. The zero-order chi connectivity index (χ0) is 12.7. The lowest BCUT2D eigenvalue weighted by Gasteiger charge is -2.18. The van der Waals surface area contributed by atoms with E-state index in [-0.39, 0.29) is 11.9 Å². The van der Waals surface area contributed by atoms with Crippen LogP contribution < -0.4 is 10.6 Å². The molecule has 6 heteroatoms. The Morgan fingerprint density at radius 1 is 1.33 bits per heavy atom. The monoisotopic (exact) mass is 247 g/mol. The van der Waals surface area contributed by atoms with Gasteiger partial charge >= 0.3 is 0 Å². The second kappa shape index (κ2) is 4.20. The van der Waals surface area contributed by atoms with Crippen molar-refractivity contribution in [3.05, 3.63) is 18.1 Å². The zero-order valence-corrected chi connectivity index (χ0v) is 10.1. The number of aliphatic hydroxyl groups excluding tert-OH is 1. The van der Waals surface area contributed by atoms with E-state index in [1.54, 1.807) is 6.20 Å². The van der Waals surface area contributed by atoms with Crippen molar-refractivity contribution in [2.75, 3.05) is 18.0 Å². The molecule has 6 nitrogen and oxygen atoms in total. The number of aromatic nitrogens is 2. The van der Waals surface area contributed by atoms with Gasteiger partial charge in [0.1, 0.15) is 17.3 Å². The predicted molar refractivity (Wildman–Crippen MR) is 67.5 cm³/mol. The first-order valence-corrected chi connectivity index (χ1v) is 6.24. The van der Waals surface area contributed by atoms with Crippen LogP contribution in [0.3, 0.4) is 0 Å². The molecule has 1 aliphatic heterocycles. The molecule has 0 radical (unpaired) electrons. The highest BCUT2D eigenvalue weighted by molar-refractivity contribution is 5.92. The minimum absolute atomic E-state index is 0.0669. The van der Waals surface area contributed by atoms with Crippen molar-refractivity contribution in [1.29, 1.82) is 5.41 Å². The van der Waals surface area contributed by atoms with Gasteiger partial charge in [-0.2, -0.15) is 0 Å². The Hall–Kier alpha value is -1.69. The molecule has 3 rings (SSSR count). The molecule has 1 saturated heterocycles. The molecule has 2 heterocycles. The van der Waals surface area contributed by atoms with E-state index in [2.05, 4.69) is 14.9 Å². The summed E-state index contributed by atoms with van der Waals surface area (Å²) in [4.78, 5) is 10.6. The Labute approximate surface area is 105 Å². The molecular formula is C12H17N5O. The van der Waals surface area contributed by atoms with E-state index >= 15 is 0 Å². The van der Waals surface area contributed by atoms with Gasteiger partial charge < -0.3 is 15.7 Å². The number of nitrogens with zero attached hydrogens (tertiary/aromatic N) is 3. The first kappa shape index (κ1) is 11.4. The standard InChI is InChI=1S/C12H17N5O/c13-12(14)9-3-16-11(4-15-9)17-5-7-1-2-10(18)8(7)6-17/h3-4,7-8,10,18H,1-2,5-6H2,(H3,13,14). The van der Waals surface area contributed by atoms with E-state index < -0.39 is 0 Å². The molecule has 1 aromatic rings. The van der Waals surface area contributed by atoms with Crippen LogP contribution in [0.2, 0.25) is 0 Å². The summed E-state index contributed by atoms with van der Waals surface area (Å²) >= 11 is 0. The van der Waals surface area contributed by atoms with E-state index in [0.717, 1.165) is 31.7 Å². The highest BCUT2D eigenvalue weighted by Gasteiger charge is 2.42. The highest BCUT2D eigenvalue weighted by atomic mass is 16.3. The fraction of sp³-hybridized carbons (Fsp3) is 0.583. The fourth-order valence-electron chi connectivity index (χ4n) is 3.05. The first-order valence-electron chi connectivity index (χ1n) is 6.24. The maximum Gasteiger partial charge on any atom is 0.147 e. The fourth-order valence-corrected chi connectivity index (χ4v) is 3.05. The number of amidine groups is 1. The molecule has 18 heavy (non-hydrogen) atoms. The SMILES string of the molecule is N=C(N)c1cnc(N2CC3CCC(O)C3C2)cn1. The van der Waals surface area contributed by atoms with Crippen LogP contribution in [0, 0.1) is 17.2 Å². The van der Waals surface area contributed by atoms with Crippen molar-refractivity contribution in [3.8, 4) is 0 Å². The van der Waals surface area contributed by atoms with Crippen LogP contribution in [0.5, 0.6) is 0 Å². The Morgan fingerprint density at radius 3 is 2.78 bits per heavy atom. The Bertz CT molecular complexity index is 460. The maximum absolute atomic E-state index is 9.87. The molecule has 3 atom stereocenters. The van der Waals surface area contributed by atoms with Crippen LogP contribution in [-0.2, 0) is 0 Å². The van der Waals surface area contributed by atoms with E-state index in [4.69, 9.17) is 11.1 Å². The summed E-state index contributed by atoms with van der Waals surface area (Å²) in [5, 5.41) is 17.1. The predicted octanol–water partition coefficient (Wildman–Crippen LogP) is -0.0322. The number of nitrogen functional groups attached to an aromatic ring is 1. The number of hydrogen-bond donors (Lipinski definition) is 3. The lowest BCUT2D eigenvalue weighted by Crippen LogP contribution is -2.25.